The van der Waals surface area contributed by atoms with Crippen molar-refractivity contribution >= 4 is 71.7 Å². The van der Waals surface area contributed by atoms with E-state index in [4.69, 9.17) is 14.4 Å². The van der Waals surface area contributed by atoms with E-state index in [1.807, 2.05) is 48.5 Å². The fraction of sp³-hybridized carbons (Fsp3) is 0. The van der Waals surface area contributed by atoms with Crippen LogP contribution in [0.1, 0.15) is 0 Å². The lowest BCUT2D eigenvalue weighted by Crippen LogP contribution is -2.18. The minimum absolute atomic E-state index is 0.792. The van der Waals surface area contributed by atoms with Crippen LogP contribution in [0.15, 0.2) is 144 Å². The number of nitrogens with zero attached hydrogens (tertiary/aromatic N) is 3. The number of para-hydroxylation sites is 3. The highest BCUT2D eigenvalue weighted by Crippen LogP contribution is 2.53. The van der Waals surface area contributed by atoms with Gasteiger partial charge in [0.2, 0.25) is 0 Å². The zero-order valence-electron chi connectivity index (χ0n) is 23.5. The van der Waals surface area contributed by atoms with Crippen molar-refractivity contribution in [3.8, 4) is 22.4 Å². The summed E-state index contributed by atoms with van der Waals surface area (Å²) in [4.78, 5) is 13.1. The Balaban J connectivity index is 1.38. The number of aromatic nitrogens is 2. The molecular weight excluding hydrogens is 538 g/mol. The lowest BCUT2D eigenvalue weighted by atomic mass is 9.89. The van der Waals surface area contributed by atoms with Gasteiger partial charge in [-0.3, -0.25) is 4.90 Å². The first-order valence-electron chi connectivity index (χ1n) is 14.8. The van der Waals surface area contributed by atoms with Gasteiger partial charge in [-0.1, -0.05) is 97.1 Å². The van der Waals surface area contributed by atoms with Crippen LogP contribution in [0.3, 0.4) is 0 Å². The van der Waals surface area contributed by atoms with E-state index in [-0.39, 0.29) is 0 Å². The van der Waals surface area contributed by atoms with E-state index in [2.05, 4.69) is 95.9 Å². The van der Waals surface area contributed by atoms with Crippen molar-refractivity contribution in [2.75, 3.05) is 4.90 Å². The Morgan fingerprint density at radius 3 is 2.00 bits per heavy atom. The van der Waals surface area contributed by atoms with Crippen LogP contribution in [-0.4, -0.2) is 9.97 Å². The van der Waals surface area contributed by atoms with Crippen molar-refractivity contribution in [1.29, 1.82) is 0 Å². The van der Waals surface area contributed by atoms with Crippen LogP contribution in [0.5, 0.6) is 0 Å². The first-order valence-corrected chi connectivity index (χ1v) is 14.8. The van der Waals surface area contributed by atoms with Gasteiger partial charge in [0.1, 0.15) is 16.9 Å². The normalized spacial score (nSPS) is 12.5. The molecule has 0 amide bonds. The first-order chi connectivity index (χ1) is 21.8. The molecule has 4 nitrogen and oxygen atoms in total. The number of benzene rings is 7. The average Bonchev–Trinajstić information content (AvgIpc) is 3.46. The fourth-order valence-corrected chi connectivity index (χ4v) is 7.02. The molecule has 0 spiro atoms. The molecule has 0 bridgehead atoms. The van der Waals surface area contributed by atoms with Crippen LogP contribution in [0, 0.1) is 0 Å². The molecule has 0 N–H and O–H groups in total. The maximum Gasteiger partial charge on any atom is 0.165 e. The fourth-order valence-electron chi connectivity index (χ4n) is 7.02. The molecule has 0 atom stereocenters. The number of furan rings is 1. The summed E-state index contributed by atoms with van der Waals surface area (Å²) in [5, 5.41) is 6.91. The molecule has 0 saturated carbocycles. The maximum atomic E-state index is 6.32. The Morgan fingerprint density at radius 1 is 0.455 bits per heavy atom. The van der Waals surface area contributed by atoms with Gasteiger partial charge in [-0.15, -0.1) is 0 Å². The molecule has 0 unspecified atom stereocenters. The van der Waals surface area contributed by atoms with Gasteiger partial charge < -0.3 is 4.42 Å². The van der Waals surface area contributed by atoms with Gasteiger partial charge in [0.15, 0.2) is 5.82 Å². The minimum Gasteiger partial charge on any atom is -0.456 e. The van der Waals surface area contributed by atoms with Crippen LogP contribution in [-0.2, 0) is 0 Å². The molecule has 4 heteroatoms. The van der Waals surface area contributed by atoms with E-state index in [0.29, 0.717) is 0 Å². The summed E-state index contributed by atoms with van der Waals surface area (Å²) in [6, 6.07) is 48.9. The number of anilines is 3. The van der Waals surface area contributed by atoms with E-state index in [0.717, 1.165) is 61.4 Å². The molecule has 9 aromatic rings. The third-order valence-electron chi connectivity index (χ3n) is 8.94. The smallest absolute Gasteiger partial charge is 0.165 e. The third kappa shape index (κ3) is 3.22. The van der Waals surface area contributed by atoms with Gasteiger partial charge in [-0.2, -0.15) is 0 Å². The lowest BCUT2D eigenvalue weighted by molar-refractivity contribution is 0.669. The molecule has 2 aromatic heterocycles. The van der Waals surface area contributed by atoms with E-state index in [1.165, 1.54) is 32.7 Å². The number of rotatable bonds is 2. The highest BCUT2D eigenvalue weighted by atomic mass is 16.3. The molecule has 7 aromatic carbocycles. The van der Waals surface area contributed by atoms with Crippen molar-refractivity contribution in [2.24, 2.45) is 0 Å². The molecule has 1 aliphatic heterocycles. The Morgan fingerprint density at radius 2 is 1.11 bits per heavy atom. The standard InChI is InChI=1S/C40H23N3O/c1-2-11-26-23-34-30(22-25(26)10-1)27-15-7-12-24-13-8-19-33(37(24)27)43(34)40-39(41-31-17-4-5-18-32(31)42-40)29-16-9-21-36-38(29)28-14-3-6-20-35(28)44-36/h1-23H. The second kappa shape index (κ2) is 8.76. The lowest BCUT2D eigenvalue weighted by Gasteiger charge is -2.34. The second-order valence-corrected chi connectivity index (χ2v) is 11.4. The van der Waals surface area contributed by atoms with Crippen molar-refractivity contribution in [2.45, 2.75) is 0 Å². The molecule has 0 saturated heterocycles. The van der Waals surface area contributed by atoms with Crippen LogP contribution >= 0.6 is 0 Å². The molecule has 1 aliphatic rings. The summed E-state index contributed by atoms with van der Waals surface area (Å²) in [5.41, 5.74) is 9.80. The second-order valence-electron chi connectivity index (χ2n) is 11.4. The molecule has 3 heterocycles. The van der Waals surface area contributed by atoms with Gasteiger partial charge in [0.25, 0.3) is 0 Å². The zero-order valence-corrected chi connectivity index (χ0v) is 23.5. The topological polar surface area (TPSA) is 42.2 Å². The van der Waals surface area contributed by atoms with Gasteiger partial charge in [0.05, 0.1) is 22.4 Å². The largest absolute Gasteiger partial charge is 0.456 e. The Bertz CT molecular complexity index is 2630. The van der Waals surface area contributed by atoms with Crippen molar-refractivity contribution < 1.29 is 4.42 Å². The number of fused-ring (bicyclic) bond motifs is 7. The van der Waals surface area contributed by atoms with E-state index < -0.39 is 0 Å². The van der Waals surface area contributed by atoms with Gasteiger partial charge in [-0.25, -0.2) is 9.97 Å². The van der Waals surface area contributed by atoms with Crippen molar-refractivity contribution in [1.82, 2.24) is 9.97 Å². The van der Waals surface area contributed by atoms with Gasteiger partial charge >= 0.3 is 0 Å². The molecule has 0 fully saturated rings. The van der Waals surface area contributed by atoms with E-state index in [9.17, 15) is 0 Å². The van der Waals surface area contributed by atoms with Gasteiger partial charge in [-0.05, 0) is 64.2 Å². The monoisotopic (exact) mass is 561 g/mol. The van der Waals surface area contributed by atoms with Crippen molar-refractivity contribution in [3.05, 3.63) is 140 Å². The van der Waals surface area contributed by atoms with Crippen molar-refractivity contribution in [3.63, 3.8) is 0 Å². The maximum absolute atomic E-state index is 6.32. The molecule has 204 valence electrons. The Labute approximate surface area is 252 Å². The highest BCUT2D eigenvalue weighted by molar-refractivity contribution is 6.18. The molecule has 0 radical (unpaired) electrons. The minimum atomic E-state index is 0.792. The van der Waals surface area contributed by atoms with E-state index >= 15 is 0 Å². The summed E-state index contributed by atoms with van der Waals surface area (Å²) < 4.78 is 6.32. The summed E-state index contributed by atoms with van der Waals surface area (Å²) >= 11 is 0. The quantitative estimate of drug-likeness (QED) is 0.211. The predicted molar refractivity (Wildman–Crippen MR) is 181 cm³/mol. The Hall–Kier alpha value is -6.00. The number of hydrogen-bond acceptors (Lipinski definition) is 4. The number of hydrogen-bond donors (Lipinski definition) is 0. The molecular formula is C40H23N3O. The van der Waals surface area contributed by atoms with Crippen LogP contribution in [0.2, 0.25) is 0 Å². The molecule has 10 rings (SSSR count). The van der Waals surface area contributed by atoms with Crippen LogP contribution < -0.4 is 4.90 Å². The van der Waals surface area contributed by atoms with Crippen LogP contribution in [0.25, 0.3) is 76.9 Å². The highest BCUT2D eigenvalue weighted by Gasteiger charge is 2.30. The zero-order chi connectivity index (χ0) is 28.8. The third-order valence-corrected chi connectivity index (χ3v) is 8.94. The summed E-state index contributed by atoms with van der Waals surface area (Å²) in [6.07, 6.45) is 0. The predicted octanol–water partition coefficient (Wildman–Crippen LogP) is 11.0. The van der Waals surface area contributed by atoms with E-state index in [1.54, 1.807) is 0 Å². The van der Waals surface area contributed by atoms with Crippen LogP contribution in [0.4, 0.5) is 17.2 Å². The van der Waals surface area contributed by atoms with Gasteiger partial charge in [0, 0.05) is 27.3 Å². The summed E-state index contributed by atoms with van der Waals surface area (Å²) in [7, 11) is 0. The molecule has 44 heavy (non-hydrogen) atoms. The molecule has 0 aliphatic carbocycles. The summed E-state index contributed by atoms with van der Waals surface area (Å²) in [6.45, 7) is 0. The average molecular weight is 562 g/mol. The summed E-state index contributed by atoms with van der Waals surface area (Å²) in [5.74, 6) is 0.792. The SMILES string of the molecule is c1ccc2cc3c(cc2c1)-c1cccc2cccc(c12)N3c1nc2ccccc2nc1-c1cccc2oc3ccccc3c12. The first kappa shape index (κ1) is 23.6. The Kier molecular flexibility index (Phi) is 4.69.